The van der Waals surface area contributed by atoms with E-state index in [4.69, 9.17) is 9.47 Å². The summed E-state index contributed by atoms with van der Waals surface area (Å²) >= 11 is 0. The van der Waals surface area contributed by atoms with Crippen LogP contribution in [0.15, 0.2) is 48.1 Å². The number of hydrogen-bond donors (Lipinski definition) is 0. The highest BCUT2D eigenvalue weighted by atomic mass is 16.5. The number of benzene rings is 1. The van der Waals surface area contributed by atoms with Crippen molar-refractivity contribution in [1.82, 2.24) is 0 Å². The first-order valence-electron chi connectivity index (χ1n) is 7.95. The van der Waals surface area contributed by atoms with Crippen LogP contribution in [0, 0.1) is 5.41 Å². The van der Waals surface area contributed by atoms with Crippen molar-refractivity contribution >= 4 is 0 Å². The molecule has 1 saturated carbocycles. The molecule has 1 aromatic carbocycles. The average Bonchev–Trinajstić information content (AvgIpc) is 3.16. The van der Waals surface area contributed by atoms with Crippen LogP contribution in [-0.2, 0) is 4.74 Å². The Kier molecular flexibility index (Phi) is 4.16. The first kappa shape index (κ1) is 14.4. The third-order valence-electron chi connectivity index (χ3n) is 4.80. The molecule has 112 valence electrons. The van der Waals surface area contributed by atoms with E-state index in [0.29, 0.717) is 6.61 Å². The van der Waals surface area contributed by atoms with Crippen LogP contribution in [0.5, 0.6) is 5.75 Å². The lowest BCUT2D eigenvalue weighted by Gasteiger charge is -2.32. The lowest BCUT2D eigenvalue weighted by molar-refractivity contribution is 0.0739. The molecule has 0 radical (unpaired) electrons. The number of hydrogen-bond acceptors (Lipinski definition) is 2. The van der Waals surface area contributed by atoms with E-state index in [-0.39, 0.29) is 11.5 Å². The number of para-hydroxylation sites is 1. The summed E-state index contributed by atoms with van der Waals surface area (Å²) in [6, 6.07) is 8.22. The van der Waals surface area contributed by atoms with Gasteiger partial charge in [-0.25, -0.2) is 0 Å². The summed E-state index contributed by atoms with van der Waals surface area (Å²) in [6.07, 6.45) is 12.0. The fourth-order valence-corrected chi connectivity index (χ4v) is 3.80. The van der Waals surface area contributed by atoms with Crippen LogP contribution in [0.25, 0.3) is 0 Å². The monoisotopic (exact) mass is 284 g/mol. The molecule has 21 heavy (non-hydrogen) atoms. The Hall–Kier alpha value is -1.54. The SMILES string of the molecule is CCOC(C1=CC=CC12CCCC2)c1ccccc1OC. The molecular weight excluding hydrogens is 260 g/mol. The highest BCUT2D eigenvalue weighted by Crippen LogP contribution is 2.53. The molecular formula is C19H24O2. The molecule has 2 aliphatic carbocycles. The topological polar surface area (TPSA) is 18.5 Å². The van der Waals surface area contributed by atoms with Crippen molar-refractivity contribution in [3.05, 3.63) is 53.6 Å². The van der Waals surface area contributed by atoms with Gasteiger partial charge in [0.15, 0.2) is 0 Å². The van der Waals surface area contributed by atoms with Crippen molar-refractivity contribution in [3.8, 4) is 5.75 Å². The van der Waals surface area contributed by atoms with E-state index in [1.165, 1.54) is 31.3 Å². The predicted octanol–water partition coefficient (Wildman–Crippen LogP) is 4.83. The van der Waals surface area contributed by atoms with Gasteiger partial charge < -0.3 is 9.47 Å². The zero-order chi connectivity index (χ0) is 14.7. The van der Waals surface area contributed by atoms with E-state index >= 15 is 0 Å². The van der Waals surface area contributed by atoms with E-state index in [1.54, 1.807) is 7.11 Å². The van der Waals surface area contributed by atoms with Gasteiger partial charge in [0.05, 0.1) is 7.11 Å². The Balaban J connectivity index is 1.99. The standard InChI is InChI=1S/C19H24O2/c1-3-21-18(15-9-4-5-11-17(15)20-2)16-10-8-14-19(16)12-6-7-13-19/h4-5,8-11,14,18H,3,6-7,12-13H2,1-2H3. The van der Waals surface area contributed by atoms with Gasteiger partial charge in [-0.05, 0) is 31.4 Å². The highest BCUT2D eigenvalue weighted by molar-refractivity contribution is 5.46. The minimum Gasteiger partial charge on any atom is -0.496 e. The molecule has 1 unspecified atom stereocenters. The van der Waals surface area contributed by atoms with E-state index in [2.05, 4.69) is 37.3 Å². The molecule has 0 bridgehead atoms. The van der Waals surface area contributed by atoms with Crippen molar-refractivity contribution in [2.45, 2.75) is 38.7 Å². The zero-order valence-electron chi connectivity index (χ0n) is 13.0. The van der Waals surface area contributed by atoms with E-state index in [9.17, 15) is 0 Å². The summed E-state index contributed by atoms with van der Waals surface area (Å²) in [5.74, 6) is 0.914. The fraction of sp³-hybridized carbons (Fsp3) is 0.474. The van der Waals surface area contributed by atoms with Gasteiger partial charge in [0.1, 0.15) is 11.9 Å². The van der Waals surface area contributed by atoms with Crippen LogP contribution >= 0.6 is 0 Å². The fourth-order valence-electron chi connectivity index (χ4n) is 3.80. The zero-order valence-corrected chi connectivity index (χ0v) is 13.0. The van der Waals surface area contributed by atoms with E-state index in [0.717, 1.165) is 11.3 Å². The third-order valence-corrected chi connectivity index (χ3v) is 4.80. The summed E-state index contributed by atoms with van der Waals surface area (Å²) in [6.45, 7) is 2.77. The predicted molar refractivity (Wildman–Crippen MR) is 85.5 cm³/mol. The van der Waals surface area contributed by atoms with Crippen molar-refractivity contribution in [2.24, 2.45) is 5.41 Å². The molecule has 0 heterocycles. The first-order chi connectivity index (χ1) is 10.3. The van der Waals surface area contributed by atoms with Crippen LogP contribution in [-0.4, -0.2) is 13.7 Å². The average molecular weight is 284 g/mol. The second-order valence-corrected chi connectivity index (χ2v) is 5.92. The van der Waals surface area contributed by atoms with Crippen LogP contribution < -0.4 is 4.74 Å². The van der Waals surface area contributed by atoms with Crippen molar-refractivity contribution in [2.75, 3.05) is 13.7 Å². The Labute approximate surface area is 127 Å². The molecule has 1 spiro atoms. The Morgan fingerprint density at radius 1 is 1.19 bits per heavy atom. The third kappa shape index (κ3) is 2.53. The lowest BCUT2D eigenvalue weighted by atomic mass is 9.77. The number of rotatable bonds is 5. The van der Waals surface area contributed by atoms with Crippen LogP contribution in [0.1, 0.15) is 44.3 Å². The summed E-state index contributed by atoms with van der Waals surface area (Å²) in [4.78, 5) is 0. The van der Waals surface area contributed by atoms with Crippen molar-refractivity contribution in [3.63, 3.8) is 0 Å². The Bertz CT molecular complexity index is 550. The minimum absolute atomic E-state index is 0.000694. The molecule has 1 atom stereocenters. The summed E-state index contributed by atoms with van der Waals surface area (Å²) in [5.41, 5.74) is 2.77. The van der Waals surface area contributed by atoms with Gasteiger partial charge in [0, 0.05) is 17.6 Å². The van der Waals surface area contributed by atoms with Gasteiger partial charge in [-0.2, -0.15) is 0 Å². The second-order valence-electron chi connectivity index (χ2n) is 5.92. The number of methoxy groups -OCH3 is 1. The smallest absolute Gasteiger partial charge is 0.125 e. The van der Waals surface area contributed by atoms with E-state index < -0.39 is 0 Å². The molecule has 2 heteroatoms. The maximum Gasteiger partial charge on any atom is 0.125 e. The van der Waals surface area contributed by atoms with Crippen molar-refractivity contribution in [1.29, 1.82) is 0 Å². The van der Waals surface area contributed by atoms with Gasteiger partial charge in [0.25, 0.3) is 0 Å². The maximum absolute atomic E-state index is 6.15. The molecule has 2 aliphatic rings. The van der Waals surface area contributed by atoms with Gasteiger partial charge in [-0.15, -0.1) is 0 Å². The van der Waals surface area contributed by atoms with Crippen LogP contribution in [0.3, 0.4) is 0 Å². The van der Waals surface area contributed by atoms with Gasteiger partial charge >= 0.3 is 0 Å². The molecule has 1 fully saturated rings. The second kappa shape index (κ2) is 6.07. The van der Waals surface area contributed by atoms with Gasteiger partial charge in [0.2, 0.25) is 0 Å². The molecule has 0 amide bonds. The van der Waals surface area contributed by atoms with Crippen LogP contribution in [0.4, 0.5) is 0 Å². The molecule has 0 N–H and O–H groups in total. The largest absolute Gasteiger partial charge is 0.496 e. The molecule has 0 aliphatic heterocycles. The van der Waals surface area contributed by atoms with Gasteiger partial charge in [-0.3, -0.25) is 0 Å². The normalized spacial score (nSPS) is 20.8. The molecule has 3 rings (SSSR count). The summed E-state index contributed by atoms with van der Waals surface area (Å²) in [7, 11) is 1.73. The first-order valence-corrected chi connectivity index (χ1v) is 7.95. The maximum atomic E-state index is 6.15. The summed E-state index contributed by atoms with van der Waals surface area (Å²) < 4.78 is 11.7. The van der Waals surface area contributed by atoms with Crippen LogP contribution in [0.2, 0.25) is 0 Å². The summed E-state index contributed by atoms with van der Waals surface area (Å²) in [5, 5.41) is 0. The Morgan fingerprint density at radius 3 is 2.67 bits per heavy atom. The Morgan fingerprint density at radius 2 is 1.95 bits per heavy atom. The number of ether oxygens (including phenoxy) is 2. The van der Waals surface area contributed by atoms with E-state index in [1.807, 2.05) is 12.1 Å². The molecule has 2 nitrogen and oxygen atoms in total. The number of allylic oxidation sites excluding steroid dienone is 3. The lowest BCUT2D eigenvalue weighted by Crippen LogP contribution is -2.22. The molecule has 0 aromatic heterocycles. The quantitative estimate of drug-likeness (QED) is 0.771. The van der Waals surface area contributed by atoms with Gasteiger partial charge in [-0.1, -0.05) is 49.3 Å². The molecule has 1 aromatic rings. The minimum atomic E-state index is -0.000694. The molecule has 0 saturated heterocycles. The van der Waals surface area contributed by atoms with Crippen molar-refractivity contribution < 1.29 is 9.47 Å². The highest BCUT2D eigenvalue weighted by Gasteiger charge is 2.41.